The molecule has 1 aliphatic heterocycles. The Morgan fingerprint density at radius 3 is 2.80 bits per heavy atom. The molecular formula is C16H19N5O4. The average Bonchev–Trinajstić information content (AvgIpc) is 3.16. The molecule has 0 saturated carbocycles. The van der Waals surface area contributed by atoms with Gasteiger partial charge in [-0.05, 0) is 18.9 Å². The van der Waals surface area contributed by atoms with Gasteiger partial charge in [-0.25, -0.2) is 9.78 Å². The van der Waals surface area contributed by atoms with Gasteiger partial charge < -0.3 is 19.9 Å². The average molecular weight is 345 g/mol. The molecule has 1 fully saturated rings. The first-order valence-corrected chi connectivity index (χ1v) is 7.95. The fraction of sp³-hybridized carbons (Fsp3) is 0.375. The number of non-ortho nitro benzene ring substituents is 1. The van der Waals surface area contributed by atoms with Crippen molar-refractivity contribution in [2.75, 3.05) is 25.5 Å². The molecule has 1 aromatic heterocycles. The maximum absolute atomic E-state index is 12.5. The number of nitrogens with zero attached hydrogens (tertiary/aromatic N) is 3. The van der Waals surface area contributed by atoms with Crippen LogP contribution in [0, 0.1) is 10.1 Å². The molecule has 0 atom stereocenters. The Bertz CT molecular complexity index is 754. The third-order valence-corrected chi connectivity index (χ3v) is 4.38. The third-order valence-electron chi connectivity index (χ3n) is 4.38. The zero-order valence-corrected chi connectivity index (χ0v) is 13.8. The highest BCUT2D eigenvalue weighted by Gasteiger charge is 2.25. The zero-order valence-electron chi connectivity index (χ0n) is 13.8. The van der Waals surface area contributed by atoms with Crippen LogP contribution in [0.25, 0.3) is 0 Å². The van der Waals surface area contributed by atoms with Gasteiger partial charge in [-0.2, -0.15) is 0 Å². The lowest BCUT2D eigenvalue weighted by Crippen LogP contribution is -2.40. The van der Waals surface area contributed by atoms with Crippen LogP contribution in [0.4, 0.5) is 16.2 Å². The van der Waals surface area contributed by atoms with E-state index < -0.39 is 4.92 Å². The SMILES string of the molecule is COc1cc([N+](=O)[O-])ccc1NC(=O)N1CCC(c2cnc[nH]2)CC1. The van der Waals surface area contributed by atoms with Gasteiger partial charge in [-0.15, -0.1) is 0 Å². The Labute approximate surface area is 144 Å². The number of carbonyl (C=O) groups is 1. The van der Waals surface area contributed by atoms with E-state index in [0.717, 1.165) is 18.5 Å². The lowest BCUT2D eigenvalue weighted by atomic mass is 9.94. The Balaban J connectivity index is 1.62. The van der Waals surface area contributed by atoms with Crippen molar-refractivity contribution in [3.63, 3.8) is 0 Å². The van der Waals surface area contributed by atoms with E-state index in [1.165, 1.54) is 25.3 Å². The molecular weight excluding hydrogens is 326 g/mol. The van der Waals surface area contributed by atoms with Crippen molar-refractivity contribution < 1.29 is 14.5 Å². The first-order chi connectivity index (χ1) is 12.1. The van der Waals surface area contributed by atoms with Crippen molar-refractivity contribution in [1.29, 1.82) is 0 Å². The van der Waals surface area contributed by atoms with Gasteiger partial charge in [0.05, 0.1) is 30.1 Å². The summed E-state index contributed by atoms with van der Waals surface area (Å²) < 4.78 is 5.14. The predicted octanol–water partition coefficient (Wildman–Crippen LogP) is 2.74. The van der Waals surface area contributed by atoms with E-state index in [1.54, 1.807) is 11.2 Å². The maximum Gasteiger partial charge on any atom is 0.321 e. The van der Waals surface area contributed by atoms with Crippen LogP contribution in [0.3, 0.4) is 0 Å². The number of piperidine rings is 1. The summed E-state index contributed by atoms with van der Waals surface area (Å²) in [7, 11) is 1.41. The highest BCUT2D eigenvalue weighted by atomic mass is 16.6. The lowest BCUT2D eigenvalue weighted by molar-refractivity contribution is -0.384. The number of ether oxygens (including phenoxy) is 1. The number of urea groups is 1. The topological polar surface area (TPSA) is 113 Å². The molecule has 2 aromatic rings. The van der Waals surface area contributed by atoms with Crippen molar-refractivity contribution in [3.8, 4) is 5.75 Å². The smallest absolute Gasteiger partial charge is 0.321 e. The quantitative estimate of drug-likeness (QED) is 0.653. The molecule has 9 nitrogen and oxygen atoms in total. The minimum absolute atomic E-state index is 0.0878. The Hall–Kier alpha value is -3.10. The maximum atomic E-state index is 12.5. The molecule has 0 unspecified atom stereocenters. The molecule has 1 aromatic carbocycles. The van der Waals surface area contributed by atoms with Gasteiger partial charge >= 0.3 is 6.03 Å². The van der Waals surface area contributed by atoms with E-state index in [0.29, 0.717) is 24.7 Å². The normalized spacial score (nSPS) is 15.0. The van der Waals surface area contributed by atoms with Gasteiger partial charge in [0.25, 0.3) is 5.69 Å². The van der Waals surface area contributed by atoms with Crippen LogP contribution in [-0.2, 0) is 0 Å². The largest absolute Gasteiger partial charge is 0.494 e. The van der Waals surface area contributed by atoms with Crippen LogP contribution < -0.4 is 10.1 Å². The molecule has 1 aliphatic rings. The number of carbonyl (C=O) groups excluding carboxylic acids is 1. The summed E-state index contributed by atoms with van der Waals surface area (Å²) in [6.45, 7) is 1.26. The minimum atomic E-state index is -0.506. The minimum Gasteiger partial charge on any atom is -0.494 e. The fourth-order valence-corrected chi connectivity index (χ4v) is 2.97. The number of aromatic amines is 1. The molecule has 2 N–H and O–H groups in total. The Morgan fingerprint density at radius 1 is 1.44 bits per heavy atom. The van der Waals surface area contributed by atoms with Crippen molar-refractivity contribution in [2.24, 2.45) is 0 Å². The number of benzene rings is 1. The first-order valence-electron chi connectivity index (χ1n) is 7.95. The number of rotatable bonds is 4. The number of aromatic nitrogens is 2. The van der Waals surface area contributed by atoms with Crippen molar-refractivity contribution in [1.82, 2.24) is 14.9 Å². The number of amides is 2. The molecule has 1 saturated heterocycles. The van der Waals surface area contributed by atoms with Crippen LogP contribution >= 0.6 is 0 Å². The highest BCUT2D eigenvalue weighted by Crippen LogP contribution is 2.30. The zero-order chi connectivity index (χ0) is 17.8. The first kappa shape index (κ1) is 16.7. The molecule has 0 bridgehead atoms. The van der Waals surface area contributed by atoms with Gasteiger partial charge in [0.2, 0.25) is 0 Å². The second-order valence-electron chi connectivity index (χ2n) is 5.84. The number of anilines is 1. The summed E-state index contributed by atoms with van der Waals surface area (Å²) in [5.41, 5.74) is 1.42. The summed E-state index contributed by atoms with van der Waals surface area (Å²) in [6.07, 6.45) is 5.19. The summed E-state index contributed by atoms with van der Waals surface area (Å²) in [5, 5.41) is 13.6. The second-order valence-corrected chi connectivity index (χ2v) is 5.84. The number of nitrogens with one attached hydrogen (secondary N) is 2. The molecule has 9 heteroatoms. The predicted molar refractivity (Wildman–Crippen MR) is 90.8 cm³/mol. The number of hydrogen-bond donors (Lipinski definition) is 2. The number of imidazole rings is 1. The van der Waals surface area contributed by atoms with E-state index in [2.05, 4.69) is 15.3 Å². The number of nitro groups is 1. The summed E-state index contributed by atoms with van der Waals surface area (Å²) >= 11 is 0. The number of methoxy groups -OCH3 is 1. The van der Waals surface area contributed by atoms with E-state index in [1.807, 2.05) is 6.20 Å². The molecule has 132 valence electrons. The number of likely N-dealkylation sites (tertiary alicyclic amines) is 1. The van der Waals surface area contributed by atoms with E-state index in [-0.39, 0.29) is 17.5 Å². The third kappa shape index (κ3) is 3.70. The van der Waals surface area contributed by atoms with E-state index in [9.17, 15) is 14.9 Å². The monoisotopic (exact) mass is 345 g/mol. The molecule has 0 aliphatic carbocycles. The molecule has 2 heterocycles. The van der Waals surface area contributed by atoms with Crippen LogP contribution in [-0.4, -0.2) is 46.0 Å². The molecule has 2 amide bonds. The van der Waals surface area contributed by atoms with Crippen LogP contribution in [0.1, 0.15) is 24.5 Å². The van der Waals surface area contributed by atoms with Gasteiger partial charge in [0.15, 0.2) is 0 Å². The molecule has 0 radical (unpaired) electrons. The van der Waals surface area contributed by atoms with Crippen molar-refractivity contribution >= 4 is 17.4 Å². The summed E-state index contributed by atoms with van der Waals surface area (Å²) in [4.78, 5) is 31.7. The Kier molecular flexibility index (Phi) is 4.82. The van der Waals surface area contributed by atoms with Crippen LogP contribution in [0.15, 0.2) is 30.7 Å². The van der Waals surface area contributed by atoms with Gasteiger partial charge in [-0.3, -0.25) is 10.1 Å². The lowest BCUT2D eigenvalue weighted by Gasteiger charge is -2.31. The van der Waals surface area contributed by atoms with Crippen molar-refractivity contribution in [3.05, 3.63) is 46.5 Å². The standard InChI is InChI=1S/C16H19N5O4/c1-25-15-8-12(21(23)24)2-3-13(15)19-16(22)20-6-4-11(5-7-20)14-9-17-10-18-14/h2-3,8-11H,4-7H2,1H3,(H,17,18)(H,19,22). The number of hydrogen-bond acceptors (Lipinski definition) is 5. The van der Waals surface area contributed by atoms with Crippen LogP contribution in [0.2, 0.25) is 0 Å². The summed E-state index contributed by atoms with van der Waals surface area (Å²) in [6, 6.07) is 3.87. The van der Waals surface area contributed by atoms with E-state index >= 15 is 0 Å². The highest BCUT2D eigenvalue weighted by molar-refractivity contribution is 5.91. The van der Waals surface area contributed by atoms with Crippen LogP contribution in [0.5, 0.6) is 5.75 Å². The van der Waals surface area contributed by atoms with Gasteiger partial charge in [0, 0.05) is 37.0 Å². The van der Waals surface area contributed by atoms with Gasteiger partial charge in [0.1, 0.15) is 5.75 Å². The fourth-order valence-electron chi connectivity index (χ4n) is 2.97. The van der Waals surface area contributed by atoms with E-state index in [4.69, 9.17) is 4.74 Å². The molecule has 0 spiro atoms. The second kappa shape index (κ2) is 7.20. The number of H-pyrrole nitrogens is 1. The van der Waals surface area contributed by atoms with Crippen molar-refractivity contribution in [2.45, 2.75) is 18.8 Å². The number of nitro benzene ring substituents is 1. The summed E-state index contributed by atoms with van der Waals surface area (Å²) in [5.74, 6) is 0.635. The van der Waals surface area contributed by atoms with Gasteiger partial charge in [-0.1, -0.05) is 0 Å². The Morgan fingerprint density at radius 2 is 2.20 bits per heavy atom. The molecule has 25 heavy (non-hydrogen) atoms. The molecule has 3 rings (SSSR count).